The zero-order valence-corrected chi connectivity index (χ0v) is 9.37. The molecular formula is C5H7Br2NO4. The summed E-state index contributed by atoms with van der Waals surface area (Å²) in [5, 5.41) is 10.2. The van der Waals surface area contributed by atoms with Crippen molar-refractivity contribution < 1.29 is 14.5 Å². The Bertz CT molecular complexity index is 186. The van der Waals surface area contributed by atoms with Gasteiger partial charge in [0.1, 0.15) is 0 Å². The van der Waals surface area contributed by atoms with Gasteiger partial charge in [-0.2, -0.15) is 0 Å². The fourth-order valence-electron chi connectivity index (χ4n) is 0.441. The first kappa shape index (κ1) is 11.8. The van der Waals surface area contributed by atoms with Crippen molar-refractivity contribution in [2.24, 2.45) is 0 Å². The van der Waals surface area contributed by atoms with Gasteiger partial charge >= 0.3 is 5.97 Å². The number of carbonyl (C=O) groups excluding carboxylic acids is 1. The lowest BCUT2D eigenvalue weighted by Crippen LogP contribution is -2.31. The van der Waals surface area contributed by atoms with Crippen molar-refractivity contribution >= 4 is 37.8 Å². The molecule has 0 aromatic rings. The van der Waals surface area contributed by atoms with Crippen molar-refractivity contribution in [2.45, 2.75) is 16.7 Å². The molecule has 0 aliphatic carbocycles. The summed E-state index contributed by atoms with van der Waals surface area (Å²) >= 11 is 5.58. The van der Waals surface area contributed by atoms with Crippen molar-refractivity contribution in [3.05, 3.63) is 10.1 Å². The minimum Gasteiger partial charge on any atom is -0.465 e. The second-order valence-electron chi connectivity index (χ2n) is 1.81. The second-order valence-corrected chi connectivity index (χ2v) is 3.74. The molecule has 7 heteroatoms. The minimum absolute atomic E-state index is 0.207. The Labute approximate surface area is 85.9 Å². The van der Waals surface area contributed by atoms with Gasteiger partial charge in [0.15, 0.2) is 4.83 Å². The summed E-state index contributed by atoms with van der Waals surface area (Å²) in [7, 11) is 0. The zero-order valence-electron chi connectivity index (χ0n) is 6.20. The Kier molecular flexibility index (Phi) is 5.39. The highest BCUT2D eigenvalue weighted by molar-refractivity contribution is 9.12. The van der Waals surface area contributed by atoms with Gasteiger partial charge in [-0.3, -0.25) is 14.9 Å². The monoisotopic (exact) mass is 303 g/mol. The predicted octanol–water partition coefficient (Wildman–Crippen LogP) is 1.31. The molecular weight excluding hydrogens is 298 g/mol. The van der Waals surface area contributed by atoms with E-state index in [9.17, 15) is 14.9 Å². The van der Waals surface area contributed by atoms with Crippen LogP contribution in [0.5, 0.6) is 0 Å². The number of ether oxygens (including phenoxy) is 1. The summed E-state index contributed by atoms with van der Waals surface area (Å²) in [5.74, 6) is -0.643. The number of hydrogen-bond donors (Lipinski definition) is 0. The van der Waals surface area contributed by atoms with Crippen LogP contribution in [-0.4, -0.2) is 27.3 Å². The van der Waals surface area contributed by atoms with Crippen molar-refractivity contribution in [1.29, 1.82) is 0 Å². The van der Waals surface area contributed by atoms with Gasteiger partial charge in [0, 0.05) is 4.92 Å². The summed E-state index contributed by atoms with van der Waals surface area (Å²) in [6.45, 7) is 1.84. The van der Waals surface area contributed by atoms with Crippen molar-refractivity contribution in [3.8, 4) is 0 Å². The van der Waals surface area contributed by atoms with E-state index in [1.165, 1.54) is 0 Å². The third kappa shape index (κ3) is 3.48. The fraction of sp³-hybridized carbons (Fsp3) is 0.800. The topological polar surface area (TPSA) is 69.4 Å². The number of esters is 1. The number of halogens is 2. The molecule has 0 N–H and O–H groups in total. The average Bonchev–Trinajstić information content (AvgIpc) is 2.02. The molecule has 0 amide bonds. The zero-order chi connectivity index (χ0) is 9.72. The summed E-state index contributed by atoms with van der Waals surface area (Å²) in [5.41, 5.74) is 0. The van der Waals surface area contributed by atoms with Gasteiger partial charge in [-0.25, -0.2) is 0 Å². The summed E-state index contributed by atoms with van der Waals surface area (Å²) in [6.07, 6.45) is 0. The highest BCUT2D eigenvalue weighted by atomic mass is 79.9. The van der Waals surface area contributed by atoms with Crippen LogP contribution in [0.15, 0.2) is 0 Å². The van der Waals surface area contributed by atoms with Crippen molar-refractivity contribution in [3.63, 3.8) is 0 Å². The first-order chi connectivity index (χ1) is 5.50. The van der Waals surface area contributed by atoms with Crippen molar-refractivity contribution in [1.82, 2.24) is 0 Å². The van der Waals surface area contributed by atoms with Crippen LogP contribution in [0.25, 0.3) is 0 Å². The van der Waals surface area contributed by atoms with Crippen LogP contribution in [-0.2, 0) is 9.53 Å². The van der Waals surface area contributed by atoms with Crippen LogP contribution in [0.2, 0.25) is 0 Å². The second kappa shape index (κ2) is 5.47. The van der Waals surface area contributed by atoms with Gasteiger partial charge in [-0.05, 0) is 22.9 Å². The number of nitrogens with zero attached hydrogens (tertiary/aromatic N) is 1. The molecule has 0 heterocycles. The smallest absolute Gasteiger partial charge is 0.327 e. The maximum atomic E-state index is 10.9. The molecule has 12 heavy (non-hydrogen) atoms. The number of rotatable bonds is 4. The van der Waals surface area contributed by atoms with Crippen LogP contribution < -0.4 is 0 Å². The lowest BCUT2D eigenvalue weighted by Gasteiger charge is -2.08. The molecule has 0 bridgehead atoms. The van der Waals surface area contributed by atoms with Gasteiger partial charge in [-0.15, -0.1) is 0 Å². The highest BCUT2D eigenvalue weighted by Crippen LogP contribution is 2.16. The van der Waals surface area contributed by atoms with Gasteiger partial charge in [0.25, 0.3) is 4.95 Å². The molecule has 0 aromatic heterocycles. The molecule has 0 saturated carbocycles. The highest BCUT2D eigenvalue weighted by Gasteiger charge is 2.33. The largest absolute Gasteiger partial charge is 0.465 e. The van der Waals surface area contributed by atoms with Crippen LogP contribution in [0, 0.1) is 10.1 Å². The quantitative estimate of drug-likeness (QED) is 0.258. The van der Waals surface area contributed by atoms with E-state index in [-0.39, 0.29) is 6.61 Å². The third-order valence-electron chi connectivity index (χ3n) is 0.955. The number of hydrogen-bond acceptors (Lipinski definition) is 4. The maximum absolute atomic E-state index is 10.9. The molecule has 0 aliphatic heterocycles. The van der Waals surface area contributed by atoms with E-state index in [0.717, 1.165) is 0 Å². The summed E-state index contributed by atoms with van der Waals surface area (Å²) < 4.78 is 4.55. The molecule has 0 radical (unpaired) electrons. The van der Waals surface area contributed by atoms with Crippen LogP contribution >= 0.6 is 31.9 Å². The molecule has 0 fully saturated rings. The van der Waals surface area contributed by atoms with E-state index >= 15 is 0 Å². The maximum Gasteiger partial charge on any atom is 0.327 e. The van der Waals surface area contributed by atoms with E-state index in [4.69, 9.17) is 0 Å². The van der Waals surface area contributed by atoms with Crippen LogP contribution in [0.1, 0.15) is 6.92 Å². The van der Waals surface area contributed by atoms with E-state index in [1.54, 1.807) is 6.92 Å². The Morgan fingerprint density at radius 2 is 2.17 bits per heavy atom. The minimum atomic E-state index is -1.16. The Morgan fingerprint density at radius 3 is 2.50 bits per heavy atom. The molecule has 70 valence electrons. The number of nitro groups is 1. The van der Waals surface area contributed by atoms with Gasteiger partial charge < -0.3 is 4.74 Å². The van der Waals surface area contributed by atoms with E-state index in [0.29, 0.717) is 0 Å². The normalized spacial score (nSPS) is 14.9. The molecule has 2 unspecified atom stereocenters. The molecule has 0 aliphatic rings. The van der Waals surface area contributed by atoms with Crippen molar-refractivity contribution in [2.75, 3.05) is 6.61 Å². The van der Waals surface area contributed by atoms with E-state index in [2.05, 4.69) is 36.6 Å². The van der Waals surface area contributed by atoms with E-state index in [1.807, 2.05) is 0 Å². The first-order valence-electron chi connectivity index (χ1n) is 3.09. The average molecular weight is 305 g/mol. The Balaban J connectivity index is 4.09. The SMILES string of the molecule is CCOC(=O)C(Br)C(Br)[N+](=O)[O-]. The predicted molar refractivity (Wildman–Crippen MR) is 49.1 cm³/mol. The molecule has 2 atom stereocenters. The lowest BCUT2D eigenvalue weighted by atomic mass is 10.4. The van der Waals surface area contributed by atoms with Crippen LogP contribution in [0.3, 0.4) is 0 Å². The Hall–Kier alpha value is -0.170. The van der Waals surface area contributed by atoms with Gasteiger partial charge in [0.05, 0.1) is 6.61 Å². The first-order valence-corrected chi connectivity index (χ1v) is 4.92. The van der Waals surface area contributed by atoms with Gasteiger partial charge in [0.2, 0.25) is 0 Å². The number of alkyl halides is 2. The molecule has 0 aromatic carbocycles. The lowest BCUT2D eigenvalue weighted by molar-refractivity contribution is -0.490. The van der Waals surface area contributed by atoms with Crippen LogP contribution in [0.4, 0.5) is 0 Å². The third-order valence-corrected chi connectivity index (χ3v) is 3.40. The number of carbonyl (C=O) groups is 1. The molecule has 0 rings (SSSR count). The Morgan fingerprint density at radius 1 is 1.67 bits per heavy atom. The summed E-state index contributed by atoms with van der Waals surface area (Å²) in [6, 6.07) is 0. The van der Waals surface area contributed by atoms with E-state index < -0.39 is 20.7 Å². The standard InChI is InChI=1S/C5H7Br2NO4/c1-2-12-5(9)3(6)4(7)8(10)11/h3-4H,2H2,1H3. The fourth-order valence-corrected chi connectivity index (χ4v) is 0.982. The molecule has 0 saturated heterocycles. The summed E-state index contributed by atoms with van der Waals surface area (Å²) in [4.78, 5) is 18.3. The van der Waals surface area contributed by atoms with Gasteiger partial charge in [-0.1, -0.05) is 15.9 Å². The molecule has 0 spiro atoms. The molecule has 5 nitrogen and oxygen atoms in total.